The van der Waals surface area contributed by atoms with Gasteiger partial charge in [-0.3, -0.25) is 4.79 Å². The van der Waals surface area contributed by atoms with Gasteiger partial charge in [0.15, 0.2) is 0 Å². The van der Waals surface area contributed by atoms with Crippen molar-refractivity contribution in [2.75, 3.05) is 13.1 Å². The fourth-order valence-corrected chi connectivity index (χ4v) is 3.09. The predicted molar refractivity (Wildman–Crippen MR) is 73.8 cm³/mol. The highest BCUT2D eigenvalue weighted by Gasteiger charge is 2.43. The normalized spacial score (nSPS) is 19.8. The summed E-state index contributed by atoms with van der Waals surface area (Å²) in [5, 5.41) is 0. The number of carbonyl (C=O) groups is 1. The summed E-state index contributed by atoms with van der Waals surface area (Å²) in [6, 6.07) is 2.71. The van der Waals surface area contributed by atoms with E-state index in [0.29, 0.717) is 0 Å². The van der Waals surface area contributed by atoms with E-state index < -0.39 is 36.3 Å². The quantitative estimate of drug-likeness (QED) is 0.611. The number of rotatable bonds is 1. The molecular weight excluding hydrogens is 392 g/mol. The molecule has 9 heteroatoms. The average Bonchev–Trinajstić information content (AvgIpc) is 2.44. The first-order valence-electron chi connectivity index (χ1n) is 6.73. The van der Waals surface area contributed by atoms with Crippen molar-refractivity contribution in [1.82, 2.24) is 4.90 Å². The van der Waals surface area contributed by atoms with Crippen molar-refractivity contribution in [3.63, 3.8) is 0 Å². The Morgan fingerprint density at radius 2 is 1.83 bits per heavy atom. The number of nitrogens with zero attached hydrogens (tertiary/aromatic N) is 1. The van der Waals surface area contributed by atoms with Gasteiger partial charge in [-0.1, -0.05) is 15.9 Å². The maximum atomic E-state index is 12.8. The van der Waals surface area contributed by atoms with Crippen LogP contribution in [-0.4, -0.2) is 30.1 Å². The van der Waals surface area contributed by atoms with Gasteiger partial charge in [-0.15, -0.1) is 0 Å². The molecule has 0 bridgehead atoms. The zero-order valence-corrected chi connectivity index (χ0v) is 13.2. The molecule has 0 radical (unpaired) electrons. The smallest absolute Gasteiger partial charge is 0.338 e. The second-order valence-corrected chi connectivity index (χ2v) is 6.18. The number of halogens is 7. The van der Waals surface area contributed by atoms with Crippen molar-refractivity contribution >= 4 is 21.8 Å². The van der Waals surface area contributed by atoms with Crippen molar-refractivity contribution in [2.45, 2.75) is 25.2 Å². The predicted octanol–water partition coefficient (Wildman–Crippen LogP) is 4.88. The lowest BCUT2D eigenvalue weighted by molar-refractivity contribution is -0.184. The Bertz CT molecular complexity index is 598. The highest BCUT2D eigenvalue weighted by molar-refractivity contribution is 9.10. The van der Waals surface area contributed by atoms with Gasteiger partial charge in [0, 0.05) is 23.1 Å². The lowest BCUT2D eigenvalue weighted by Gasteiger charge is -2.33. The molecule has 1 aromatic carbocycles. The molecule has 0 saturated carbocycles. The van der Waals surface area contributed by atoms with Crippen molar-refractivity contribution in [3.8, 4) is 0 Å². The summed E-state index contributed by atoms with van der Waals surface area (Å²) in [7, 11) is 0. The molecule has 1 aliphatic rings. The fraction of sp³-hybridized carbons (Fsp3) is 0.500. The number of benzene rings is 1. The van der Waals surface area contributed by atoms with Gasteiger partial charge < -0.3 is 4.90 Å². The highest BCUT2D eigenvalue weighted by atomic mass is 79.9. The SMILES string of the molecule is O=C(c1ccc(C(F)(F)F)c(Br)c1)N1CCCC(C(F)(F)F)C1. The Balaban J connectivity index is 2.19. The molecule has 0 N–H and O–H groups in total. The topological polar surface area (TPSA) is 20.3 Å². The molecule has 1 heterocycles. The molecule has 0 spiro atoms. The van der Waals surface area contributed by atoms with Crippen LogP contribution < -0.4 is 0 Å². The van der Waals surface area contributed by atoms with Gasteiger partial charge in [0.2, 0.25) is 0 Å². The van der Waals surface area contributed by atoms with Crippen molar-refractivity contribution in [2.24, 2.45) is 5.92 Å². The standard InChI is InChI=1S/C14H12BrF6NO/c15-11-6-8(3-4-10(11)14(19,20)21)12(23)22-5-1-2-9(7-22)13(16,17)18/h3-4,6,9H,1-2,5,7H2. The van der Waals surface area contributed by atoms with Crippen LogP contribution >= 0.6 is 15.9 Å². The van der Waals surface area contributed by atoms with Gasteiger partial charge in [0.25, 0.3) is 5.91 Å². The first kappa shape index (κ1) is 18.1. The van der Waals surface area contributed by atoms with Crippen LogP contribution in [-0.2, 0) is 6.18 Å². The molecule has 1 atom stereocenters. The number of amides is 1. The number of hydrogen-bond donors (Lipinski definition) is 0. The van der Waals surface area contributed by atoms with Crippen LogP contribution in [0.2, 0.25) is 0 Å². The Morgan fingerprint density at radius 3 is 2.35 bits per heavy atom. The van der Waals surface area contributed by atoms with E-state index in [1.54, 1.807) is 0 Å². The van der Waals surface area contributed by atoms with E-state index in [4.69, 9.17) is 0 Å². The van der Waals surface area contributed by atoms with E-state index in [0.717, 1.165) is 23.1 Å². The Morgan fingerprint density at radius 1 is 1.17 bits per heavy atom. The average molecular weight is 404 g/mol. The molecule has 1 aliphatic heterocycles. The summed E-state index contributed by atoms with van der Waals surface area (Å²) in [5.74, 6) is -2.30. The zero-order chi connectivity index (χ0) is 17.4. The molecule has 23 heavy (non-hydrogen) atoms. The van der Waals surface area contributed by atoms with Gasteiger partial charge in [0.1, 0.15) is 0 Å². The number of piperidine rings is 1. The summed E-state index contributed by atoms with van der Waals surface area (Å²) in [5.41, 5.74) is -1.02. The first-order valence-corrected chi connectivity index (χ1v) is 7.52. The van der Waals surface area contributed by atoms with Crippen molar-refractivity contribution in [3.05, 3.63) is 33.8 Å². The fourth-order valence-electron chi connectivity index (χ4n) is 2.49. The van der Waals surface area contributed by atoms with Crippen LogP contribution in [0.25, 0.3) is 0 Å². The minimum absolute atomic E-state index is 0.0516. The van der Waals surface area contributed by atoms with E-state index in [1.165, 1.54) is 0 Å². The Hall–Kier alpha value is -1.25. The lowest BCUT2D eigenvalue weighted by Crippen LogP contribution is -2.44. The molecule has 128 valence electrons. The maximum absolute atomic E-state index is 12.8. The van der Waals surface area contributed by atoms with Crippen molar-refractivity contribution in [1.29, 1.82) is 0 Å². The van der Waals surface area contributed by atoms with Gasteiger partial charge in [-0.2, -0.15) is 26.3 Å². The Labute approximate surface area is 136 Å². The molecule has 1 unspecified atom stereocenters. The second-order valence-electron chi connectivity index (χ2n) is 5.32. The summed E-state index contributed by atoms with van der Waals surface area (Å²) in [4.78, 5) is 13.3. The largest absolute Gasteiger partial charge is 0.417 e. The van der Waals surface area contributed by atoms with Gasteiger partial charge in [0.05, 0.1) is 11.5 Å². The minimum Gasteiger partial charge on any atom is -0.338 e. The van der Waals surface area contributed by atoms with Crippen LogP contribution in [0.15, 0.2) is 22.7 Å². The molecule has 1 aromatic rings. The molecular formula is C14H12BrF6NO. The van der Waals surface area contributed by atoms with E-state index in [9.17, 15) is 31.1 Å². The summed E-state index contributed by atoms with van der Waals surface area (Å²) < 4.78 is 76.0. The maximum Gasteiger partial charge on any atom is 0.417 e. The third-order valence-corrected chi connectivity index (χ3v) is 4.35. The molecule has 0 aromatic heterocycles. The van der Waals surface area contributed by atoms with Crippen LogP contribution in [0, 0.1) is 5.92 Å². The molecule has 2 nitrogen and oxygen atoms in total. The third kappa shape index (κ3) is 4.19. The van der Waals surface area contributed by atoms with E-state index in [1.807, 2.05) is 0 Å². The Kier molecular flexibility index (Phi) is 4.98. The monoisotopic (exact) mass is 403 g/mol. The molecule has 1 amide bonds. The van der Waals surface area contributed by atoms with Gasteiger partial charge in [-0.25, -0.2) is 0 Å². The van der Waals surface area contributed by atoms with Crippen molar-refractivity contribution < 1.29 is 31.1 Å². The molecule has 1 fully saturated rings. The number of hydrogen-bond acceptors (Lipinski definition) is 1. The second kappa shape index (κ2) is 6.33. The number of likely N-dealkylation sites (tertiary alicyclic amines) is 1. The third-order valence-electron chi connectivity index (χ3n) is 3.69. The van der Waals surface area contributed by atoms with Crippen LogP contribution in [0.4, 0.5) is 26.3 Å². The van der Waals surface area contributed by atoms with Crippen LogP contribution in [0.5, 0.6) is 0 Å². The first-order chi connectivity index (χ1) is 10.5. The summed E-state index contributed by atoms with van der Waals surface area (Å²) in [6.07, 6.45) is -8.81. The van der Waals surface area contributed by atoms with E-state index >= 15 is 0 Å². The number of carbonyl (C=O) groups excluding carboxylic acids is 1. The molecule has 1 saturated heterocycles. The summed E-state index contributed by atoms with van der Waals surface area (Å²) in [6.45, 7) is -0.314. The zero-order valence-electron chi connectivity index (χ0n) is 11.6. The molecule has 0 aliphatic carbocycles. The van der Waals surface area contributed by atoms with E-state index in [2.05, 4.69) is 15.9 Å². The highest BCUT2D eigenvalue weighted by Crippen LogP contribution is 2.36. The van der Waals surface area contributed by atoms with Gasteiger partial charge >= 0.3 is 12.4 Å². The molecule has 2 rings (SSSR count). The van der Waals surface area contributed by atoms with Crippen LogP contribution in [0.3, 0.4) is 0 Å². The van der Waals surface area contributed by atoms with Gasteiger partial charge in [-0.05, 0) is 31.0 Å². The van der Waals surface area contributed by atoms with Crippen LogP contribution in [0.1, 0.15) is 28.8 Å². The number of alkyl halides is 6. The van der Waals surface area contributed by atoms with E-state index in [-0.39, 0.29) is 29.4 Å². The minimum atomic E-state index is -4.58. The lowest BCUT2D eigenvalue weighted by atomic mass is 9.97. The summed E-state index contributed by atoms with van der Waals surface area (Å²) >= 11 is 2.75.